The predicted octanol–water partition coefficient (Wildman–Crippen LogP) is 1.35. The van der Waals surface area contributed by atoms with Crippen molar-refractivity contribution in [1.82, 2.24) is 10.0 Å². The van der Waals surface area contributed by atoms with Gasteiger partial charge in [-0.25, -0.2) is 13.1 Å². The number of nitrogens with one attached hydrogen (secondary N) is 2. The number of fused-ring (bicyclic) bond motifs is 1. The molecule has 0 bridgehead atoms. The molecule has 6 heteroatoms. The number of hydrogen-bond acceptors (Lipinski definition) is 4. The van der Waals surface area contributed by atoms with E-state index in [0.29, 0.717) is 24.7 Å². The summed E-state index contributed by atoms with van der Waals surface area (Å²) in [5.74, 6) is 0.146. The highest BCUT2D eigenvalue weighted by Crippen LogP contribution is 2.22. The van der Waals surface area contributed by atoms with E-state index < -0.39 is 10.0 Å². The third kappa shape index (κ3) is 3.47. The summed E-state index contributed by atoms with van der Waals surface area (Å²) in [7, 11) is -3.53. The number of sulfonamides is 1. The molecule has 118 valence electrons. The molecule has 0 aromatic heterocycles. The van der Waals surface area contributed by atoms with E-state index in [4.69, 9.17) is 4.74 Å². The van der Waals surface area contributed by atoms with Gasteiger partial charge in [0, 0.05) is 30.9 Å². The standard InChI is InChI=1S/C16H20N2O3S/c19-22(20,18-11-13-10-17-8-9-21-12-13)16-7-3-5-14-4-1-2-6-15(14)16/h1-7,13,17-18H,8-12H2/t13-/m1/s1. The molecule has 1 saturated heterocycles. The second-order valence-corrected chi connectivity index (χ2v) is 7.21. The SMILES string of the molecule is O=S(=O)(NC[C@H]1CNCCOC1)c1cccc2ccccc12. The van der Waals surface area contributed by atoms with Gasteiger partial charge in [-0.3, -0.25) is 0 Å². The minimum absolute atomic E-state index is 0.146. The average Bonchev–Trinajstić information content (AvgIpc) is 2.81. The fourth-order valence-electron chi connectivity index (χ4n) is 2.63. The summed E-state index contributed by atoms with van der Waals surface area (Å²) in [6, 6.07) is 12.8. The Kier molecular flexibility index (Phi) is 4.73. The number of benzene rings is 2. The third-order valence-corrected chi connectivity index (χ3v) is 5.29. The lowest BCUT2D eigenvalue weighted by molar-refractivity contribution is 0.124. The molecule has 2 aromatic carbocycles. The van der Waals surface area contributed by atoms with Gasteiger partial charge in [-0.2, -0.15) is 0 Å². The lowest BCUT2D eigenvalue weighted by atomic mass is 10.1. The van der Waals surface area contributed by atoms with Crippen molar-refractivity contribution in [2.45, 2.75) is 4.90 Å². The molecule has 22 heavy (non-hydrogen) atoms. The van der Waals surface area contributed by atoms with Crippen LogP contribution in [0.25, 0.3) is 10.8 Å². The van der Waals surface area contributed by atoms with Crippen molar-refractivity contribution >= 4 is 20.8 Å². The van der Waals surface area contributed by atoms with Gasteiger partial charge in [-0.1, -0.05) is 36.4 Å². The van der Waals surface area contributed by atoms with Gasteiger partial charge in [-0.05, 0) is 11.5 Å². The summed E-state index contributed by atoms with van der Waals surface area (Å²) < 4.78 is 33.4. The van der Waals surface area contributed by atoms with Gasteiger partial charge in [0.05, 0.1) is 18.1 Å². The molecular formula is C16H20N2O3S. The number of hydrogen-bond donors (Lipinski definition) is 2. The molecule has 0 amide bonds. The van der Waals surface area contributed by atoms with Gasteiger partial charge in [0.1, 0.15) is 0 Å². The normalized spacial score (nSPS) is 19.9. The lowest BCUT2D eigenvalue weighted by Crippen LogP contribution is -2.35. The second-order valence-electron chi connectivity index (χ2n) is 5.47. The zero-order chi connectivity index (χ0) is 15.4. The largest absolute Gasteiger partial charge is 0.380 e. The number of ether oxygens (including phenoxy) is 1. The molecule has 2 aromatic rings. The Morgan fingerprint density at radius 1 is 1.18 bits per heavy atom. The van der Waals surface area contributed by atoms with Crippen LogP contribution < -0.4 is 10.0 Å². The summed E-state index contributed by atoms with van der Waals surface area (Å²) in [6.45, 7) is 3.20. The molecular weight excluding hydrogens is 300 g/mol. The van der Waals surface area contributed by atoms with Crippen LogP contribution in [0.2, 0.25) is 0 Å². The quantitative estimate of drug-likeness (QED) is 0.892. The Morgan fingerprint density at radius 3 is 2.91 bits per heavy atom. The van der Waals surface area contributed by atoms with Crippen LogP contribution >= 0.6 is 0 Å². The molecule has 0 spiro atoms. The third-order valence-electron chi connectivity index (χ3n) is 3.81. The van der Waals surface area contributed by atoms with Crippen LogP contribution in [-0.2, 0) is 14.8 Å². The first kappa shape index (κ1) is 15.4. The lowest BCUT2D eigenvalue weighted by Gasteiger charge is -2.15. The summed E-state index contributed by atoms with van der Waals surface area (Å²) in [6.07, 6.45) is 0. The summed E-state index contributed by atoms with van der Waals surface area (Å²) >= 11 is 0. The average molecular weight is 320 g/mol. The number of rotatable bonds is 4. The van der Waals surface area contributed by atoms with Gasteiger partial charge in [0.2, 0.25) is 10.0 Å². The topological polar surface area (TPSA) is 67.4 Å². The molecule has 5 nitrogen and oxygen atoms in total. The van der Waals surface area contributed by atoms with Crippen LogP contribution in [0.5, 0.6) is 0 Å². The van der Waals surface area contributed by atoms with Crippen LogP contribution in [0.4, 0.5) is 0 Å². The molecule has 1 fully saturated rings. The Morgan fingerprint density at radius 2 is 2.00 bits per heavy atom. The summed E-state index contributed by atoms with van der Waals surface area (Å²) in [4.78, 5) is 0.327. The zero-order valence-electron chi connectivity index (χ0n) is 12.3. The highest BCUT2D eigenvalue weighted by molar-refractivity contribution is 7.89. The highest BCUT2D eigenvalue weighted by atomic mass is 32.2. The Labute approximate surface area is 130 Å². The van der Waals surface area contributed by atoms with E-state index in [9.17, 15) is 8.42 Å². The molecule has 1 aliphatic heterocycles. The smallest absolute Gasteiger partial charge is 0.241 e. The monoisotopic (exact) mass is 320 g/mol. The van der Waals surface area contributed by atoms with Gasteiger partial charge in [-0.15, -0.1) is 0 Å². The molecule has 1 aliphatic rings. The maximum atomic E-state index is 12.6. The van der Waals surface area contributed by atoms with E-state index in [1.54, 1.807) is 12.1 Å². The summed E-state index contributed by atoms with van der Waals surface area (Å²) in [5.41, 5.74) is 0. The van der Waals surface area contributed by atoms with Crippen molar-refractivity contribution in [1.29, 1.82) is 0 Å². The van der Waals surface area contributed by atoms with Crippen LogP contribution in [0.3, 0.4) is 0 Å². The Balaban J connectivity index is 1.79. The van der Waals surface area contributed by atoms with Crippen LogP contribution in [0, 0.1) is 5.92 Å². The van der Waals surface area contributed by atoms with E-state index in [-0.39, 0.29) is 5.92 Å². The Hall–Kier alpha value is -1.47. The molecule has 0 radical (unpaired) electrons. The Bertz CT molecular complexity index is 733. The highest BCUT2D eigenvalue weighted by Gasteiger charge is 2.20. The second kappa shape index (κ2) is 6.75. The van der Waals surface area contributed by atoms with Crippen molar-refractivity contribution in [3.63, 3.8) is 0 Å². The van der Waals surface area contributed by atoms with Crippen LogP contribution in [-0.4, -0.2) is 41.3 Å². The van der Waals surface area contributed by atoms with Crippen molar-refractivity contribution in [3.8, 4) is 0 Å². The van der Waals surface area contributed by atoms with Crippen molar-refractivity contribution in [2.24, 2.45) is 5.92 Å². The predicted molar refractivity (Wildman–Crippen MR) is 86.3 cm³/mol. The fourth-order valence-corrected chi connectivity index (χ4v) is 3.97. The molecule has 3 rings (SSSR count). The first-order valence-corrected chi connectivity index (χ1v) is 8.91. The summed E-state index contributed by atoms with van der Waals surface area (Å²) in [5, 5.41) is 4.91. The maximum Gasteiger partial charge on any atom is 0.241 e. The molecule has 0 unspecified atom stereocenters. The van der Waals surface area contributed by atoms with Gasteiger partial charge < -0.3 is 10.1 Å². The molecule has 1 atom stereocenters. The maximum absolute atomic E-state index is 12.6. The fraction of sp³-hybridized carbons (Fsp3) is 0.375. The molecule has 2 N–H and O–H groups in total. The van der Waals surface area contributed by atoms with Gasteiger partial charge in [0.15, 0.2) is 0 Å². The van der Waals surface area contributed by atoms with Crippen molar-refractivity contribution in [2.75, 3.05) is 32.8 Å². The van der Waals surface area contributed by atoms with E-state index in [2.05, 4.69) is 10.0 Å². The van der Waals surface area contributed by atoms with E-state index in [0.717, 1.165) is 23.9 Å². The first-order chi connectivity index (χ1) is 10.7. The van der Waals surface area contributed by atoms with Crippen molar-refractivity contribution < 1.29 is 13.2 Å². The van der Waals surface area contributed by atoms with Gasteiger partial charge >= 0.3 is 0 Å². The molecule has 1 heterocycles. The first-order valence-electron chi connectivity index (χ1n) is 7.43. The van der Waals surface area contributed by atoms with Gasteiger partial charge in [0.25, 0.3) is 0 Å². The molecule has 0 aliphatic carbocycles. The van der Waals surface area contributed by atoms with Crippen LogP contribution in [0.1, 0.15) is 0 Å². The van der Waals surface area contributed by atoms with Crippen LogP contribution in [0.15, 0.2) is 47.4 Å². The van der Waals surface area contributed by atoms with Crippen molar-refractivity contribution in [3.05, 3.63) is 42.5 Å². The minimum atomic E-state index is -3.53. The minimum Gasteiger partial charge on any atom is -0.380 e. The molecule has 0 saturated carbocycles. The van der Waals surface area contributed by atoms with E-state index >= 15 is 0 Å². The van der Waals surface area contributed by atoms with E-state index in [1.165, 1.54) is 0 Å². The zero-order valence-corrected chi connectivity index (χ0v) is 13.1. The van der Waals surface area contributed by atoms with E-state index in [1.807, 2.05) is 30.3 Å².